The molecule has 1 amide bonds. The lowest BCUT2D eigenvalue weighted by atomic mass is 10.4. The van der Waals surface area contributed by atoms with E-state index in [0.29, 0.717) is 0 Å². The largest absolute Gasteiger partial charge is 0.459 e. The molecule has 0 aliphatic heterocycles. The predicted octanol–water partition coefficient (Wildman–Crippen LogP) is 2.25. The van der Waals surface area contributed by atoms with Crippen LogP contribution in [0.2, 0.25) is 0 Å². The summed E-state index contributed by atoms with van der Waals surface area (Å²) >= 11 is 1.54. The molecule has 3 rings (SSSR count). The van der Waals surface area contributed by atoms with Crippen LogP contribution < -0.4 is 5.32 Å². The summed E-state index contributed by atoms with van der Waals surface area (Å²) in [5, 5.41) is 6.82. The van der Waals surface area contributed by atoms with Crippen LogP contribution in [0.5, 0.6) is 0 Å². The number of anilines is 1. The quantitative estimate of drug-likeness (QED) is 0.768. The molecule has 0 aliphatic rings. The third kappa shape index (κ3) is 1.68. The Bertz CT molecular complexity index is 711. The van der Waals surface area contributed by atoms with Gasteiger partial charge in [0.05, 0.1) is 12.0 Å². The second-order valence-electron chi connectivity index (χ2n) is 3.80. The maximum atomic E-state index is 11.7. The van der Waals surface area contributed by atoms with Crippen molar-refractivity contribution in [2.75, 3.05) is 5.32 Å². The van der Waals surface area contributed by atoms with Crippen LogP contribution in [0.15, 0.2) is 22.8 Å². The summed E-state index contributed by atoms with van der Waals surface area (Å²) < 4.78 is 6.71. The topological polar surface area (TPSA) is 72.4 Å². The molecule has 0 saturated heterocycles. The Morgan fingerprint density at radius 2 is 2.33 bits per heavy atom. The Morgan fingerprint density at radius 3 is 3.00 bits per heavy atom. The zero-order valence-electron chi connectivity index (χ0n) is 9.80. The van der Waals surface area contributed by atoms with Crippen molar-refractivity contribution in [3.8, 4) is 0 Å². The molecule has 0 fully saturated rings. The lowest BCUT2D eigenvalue weighted by Gasteiger charge is -1.96. The number of hydrogen-bond acceptors (Lipinski definition) is 5. The molecule has 3 heterocycles. The van der Waals surface area contributed by atoms with E-state index in [0.717, 1.165) is 15.5 Å². The van der Waals surface area contributed by atoms with Crippen LogP contribution in [-0.2, 0) is 0 Å². The molecule has 18 heavy (non-hydrogen) atoms. The molecule has 0 saturated carbocycles. The van der Waals surface area contributed by atoms with E-state index >= 15 is 0 Å². The zero-order valence-corrected chi connectivity index (χ0v) is 10.6. The normalized spacial score (nSPS) is 11.0. The summed E-state index contributed by atoms with van der Waals surface area (Å²) in [4.78, 5) is 17.9. The number of carbonyl (C=O) groups is 1. The van der Waals surface area contributed by atoms with Crippen LogP contribution in [0.25, 0.3) is 4.96 Å². The van der Waals surface area contributed by atoms with Gasteiger partial charge in [-0.05, 0) is 26.0 Å². The number of hydrogen-bond donors (Lipinski definition) is 1. The van der Waals surface area contributed by atoms with Gasteiger partial charge >= 0.3 is 0 Å². The number of carbonyl (C=O) groups excluding carboxylic acids is 1. The second kappa shape index (κ2) is 3.95. The van der Waals surface area contributed by atoms with E-state index in [1.807, 2.05) is 13.8 Å². The number of furan rings is 1. The standard InChI is InChI=1S/C11H10N4O2S/c1-6-7(2)18-11-13-10(14-15(6)11)12-9(16)8-4-3-5-17-8/h3-5H,1-2H3,(H,12,14,16). The second-order valence-corrected chi connectivity index (χ2v) is 4.99. The van der Waals surface area contributed by atoms with E-state index in [-0.39, 0.29) is 17.6 Å². The third-order valence-electron chi connectivity index (χ3n) is 2.62. The van der Waals surface area contributed by atoms with Gasteiger partial charge in [0.25, 0.3) is 11.9 Å². The number of nitrogens with one attached hydrogen (secondary N) is 1. The fraction of sp³-hybridized carbons (Fsp3) is 0.182. The number of nitrogens with zero attached hydrogens (tertiary/aromatic N) is 3. The Labute approximate surface area is 106 Å². The fourth-order valence-electron chi connectivity index (χ4n) is 1.57. The van der Waals surface area contributed by atoms with E-state index < -0.39 is 0 Å². The van der Waals surface area contributed by atoms with Gasteiger partial charge in [-0.1, -0.05) is 11.3 Å². The highest BCUT2D eigenvalue weighted by Gasteiger charge is 2.14. The average molecular weight is 262 g/mol. The SMILES string of the molecule is Cc1sc2nc(NC(=O)c3ccco3)nn2c1C. The van der Waals surface area contributed by atoms with Crippen molar-refractivity contribution in [1.82, 2.24) is 14.6 Å². The summed E-state index contributed by atoms with van der Waals surface area (Å²) in [5.74, 6) is 0.166. The minimum absolute atomic E-state index is 0.237. The zero-order chi connectivity index (χ0) is 12.7. The molecule has 0 unspecified atom stereocenters. The maximum absolute atomic E-state index is 11.7. The van der Waals surface area contributed by atoms with Gasteiger partial charge in [0, 0.05) is 4.88 Å². The lowest BCUT2D eigenvalue weighted by molar-refractivity contribution is 0.0996. The highest BCUT2D eigenvalue weighted by atomic mass is 32.1. The van der Waals surface area contributed by atoms with Crippen molar-refractivity contribution in [3.05, 3.63) is 34.7 Å². The lowest BCUT2D eigenvalue weighted by Crippen LogP contribution is -2.12. The van der Waals surface area contributed by atoms with Crippen LogP contribution in [0.1, 0.15) is 21.1 Å². The Morgan fingerprint density at radius 1 is 1.50 bits per heavy atom. The van der Waals surface area contributed by atoms with Crippen molar-refractivity contribution in [3.63, 3.8) is 0 Å². The van der Waals surface area contributed by atoms with E-state index in [9.17, 15) is 4.79 Å². The molecule has 92 valence electrons. The van der Waals surface area contributed by atoms with Gasteiger partial charge in [-0.25, -0.2) is 4.52 Å². The first-order chi connectivity index (χ1) is 8.65. The molecule has 0 radical (unpaired) electrons. The minimum Gasteiger partial charge on any atom is -0.459 e. The molecule has 0 spiro atoms. The van der Waals surface area contributed by atoms with E-state index in [2.05, 4.69) is 15.4 Å². The van der Waals surface area contributed by atoms with E-state index in [1.165, 1.54) is 17.6 Å². The van der Waals surface area contributed by atoms with Gasteiger partial charge in [-0.15, -0.1) is 5.10 Å². The van der Waals surface area contributed by atoms with Crippen LogP contribution in [0.4, 0.5) is 5.95 Å². The summed E-state index contributed by atoms with van der Waals surface area (Å²) in [6.45, 7) is 3.98. The summed E-state index contributed by atoms with van der Waals surface area (Å²) in [6.07, 6.45) is 1.45. The van der Waals surface area contributed by atoms with Crippen molar-refractivity contribution in [1.29, 1.82) is 0 Å². The van der Waals surface area contributed by atoms with Crippen molar-refractivity contribution < 1.29 is 9.21 Å². The molecule has 0 aliphatic carbocycles. The number of thiazole rings is 1. The highest BCUT2D eigenvalue weighted by Crippen LogP contribution is 2.21. The average Bonchev–Trinajstić information content (AvgIpc) is 3.00. The number of rotatable bonds is 2. The minimum atomic E-state index is -0.354. The molecule has 0 bridgehead atoms. The molecule has 0 atom stereocenters. The molecule has 3 aromatic rings. The predicted molar refractivity (Wildman–Crippen MR) is 67.0 cm³/mol. The fourth-order valence-corrected chi connectivity index (χ4v) is 2.47. The molecule has 0 aromatic carbocycles. The first kappa shape index (κ1) is 11.0. The molecule has 7 heteroatoms. The van der Waals surface area contributed by atoms with Gasteiger partial charge in [0.15, 0.2) is 5.76 Å². The first-order valence-corrected chi connectivity index (χ1v) is 6.14. The van der Waals surface area contributed by atoms with Crippen molar-refractivity contribution in [2.24, 2.45) is 0 Å². The number of fused-ring (bicyclic) bond motifs is 1. The summed E-state index contributed by atoms with van der Waals surface area (Å²) in [5.41, 5.74) is 1.03. The van der Waals surface area contributed by atoms with Gasteiger partial charge in [0.2, 0.25) is 4.96 Å². The van der Waals surface area contributed by atoms with Crippen molar-refractivity contribution >= 4 is 28.2 Å². The van der Waals surface area contributed by atoms with Gasteiger partial charge in [0.1, 0.15) is 0 Å². The van der Waals surface area contributed by atoms with Crippen molar-refractivity contribution in [2.45, 2.75) is 13.8 Å². The molecule has 1 N–H and O–H groups in total. The number of aromatic nitrogens is 3. The maximum Gasteiger partial charge on any atom is 0.293 e. The van der Waals surface area contributed by atoms with E-state index in [4.69, 9.17) is 4.42 Å². The summed E-state index contributed by atoms with van der Waals surface area (Å²) in [7, 11) is 0. The van der Waals surface area contributed by atoms with Crippen LogP contribution in [0, 0.1) is 13.8 Å². The molecular formula is C11H10N4O2S. The summed E-state index contributed by atoms with van der Waals surface area (Å²) in [6, 6.07) is 3.24. The smallest absolute Gasteiger partial charge is 0.293 e. The molecule has 6 nitrogen and oxygen atoms in total. The van der Waals surface area contributed by atoms with Gasteiger partial charge in [-0.3, -0.25) is 10.1 Å². The third-order valence-corrected chi connectivity index (χ3v) is 3.67. The molecular weight excluding hydrogens is 252 g/mol. The number of amides is 1. The van der Waals surface area contributed by atoms with Crippen LogP contribution in [0.3, 0.4) is 0 Å². The Balaban J connectivity index is 1.89. The number of aryl methyl sites for hydroxylation is 2. The monoisotopic (exact) mass is 262 g/mol. The Kier molecular flexibility index (Phi) is 2.41. The van der Waals surface area contributed by atoms with Gasteiger partial charge in [-0.2, -0.15) is 4.98 Å². The van der Waals surface area contributed by atoms with Crippen LogP contribution >= 0.6 is 11.3 Å². The molecule has 3 aromatic heterocycles. The first-order valence-electron chi connectivity index (χ1n) is 5.33. The van der Waals surface area contributed by atoms with Gasteiger partial charge < -0.3 is 4.42 Å². The Hall–Kier alpha value is -2.15. The van der Waals surface area contributed by atoms with E-state index in [1.54, 1.807) is 16.6 Å². The highest BCUT2D eigenvalue weighted by molar-refractivity contribution is 7.17. The van der Waals surface area contributed by atoms with Crippen LogP contribution in [-0.4, -0.2) is 20.5 Å².